The number of benzene rings is 1. The summed E-state index contributed by atoms with van der Waals surface area (Å²) in [7, 11) is 0. The zero-order valence-electron chi connectivity index (χ0n) is 9.13. The Morgan fingerprint density at radius 2 is 1.75 bits per heavy atom. The first-order valence-electron chi connectivity index (χ1n) is 5.61. The minimum atomic E-state index is -0.263. The van der Waals surface area contributed by atoms with Gasteiger partial charge in [-0.05, 0) is 25.0 Å². The van der Waals surface area contributed by atoms with Gasteiger partial charge in [0.1, 0.15) is 0 Å². The van der Waals surface area contributed by atoms with Crippen molar-refractivity contribution in [3.8, 4) is 0 Å². The minimum Gasteiger partial charge on any atom is -0.262 e. The summed E-state index contributed by atoms with van der Waals surface area (Å²) in [6.45, 7) is 1.59. The summed E-state index contributed by atoms with van der Waals surface area (Å²) in [5.74, 6) is 0. The van der Waals surface area contributed by atoms with E-state index in [1.54, 1.807) is 12.1 Å². The van der Waals surface area contributed by atoms with Gasteiger partial charge in [-0.15, -0.1) is 0 Å². The van der Waals surface area contributed by atoms with Crippen molar-refractivity contribution in [2.45, 2.75) is 19.3 Å². The van der Waals surface area contributed by atoms with Gasteiger partial charge >= 0.3 is 6.17 Å². The van der Waals surface area contributed by atoms with Gasteiger partial charge < -0.3 is 0 Å². The molecule has 0 aliphatic carbocycles. The summed E-state index contributed by atoms with van der Waals surface area (Å²) in [4.78, 5) is 12.8. The first-order chi connectivity index (χ1) is 7.79. The van der Waals surface area contributed by atoms with Crippen LogP contribution < -0.4 is 0 Å². The molecule has 1 fully saturated rings. The number of hydrogen-bond acceptors (Lipinski definition) is 3. The van der Waals surface area contributed by atoms with Gasteiger partial charge in [0.05, 0.1) is 10.5 Å². The average molecular weight is 219 g/mol. The molecule has 0 N–H and O–H groups in total. The number of nitrogens with zero attached hydrogens (tertiary/aromatic N) is 2. The summed E-state index contributed by atoms with van der Waals surface area (Å²) >= 11 is 0. The molecule has 0 saturated carbocycles. The Balaban J connectivity index is 2.20. The number of hydrogen-bond donors (Lipinski definition) is 0. The molecule has 0 unspecified atom stereocenters. The largest absolute Gasteiger partial charge is 0.391 e. The molecule has 2 rings (SSSR count). The van der Waals surface area contributed by atoms with E-state index in [1.807, 2.05) is 23.1 Å². The molecule has 0 bridgehead atoms. The summed E-state index contributed by atoms with van der Waals surface area (Å²) in [5, 5.41) is 11.1. The highest BCUT2D eigenvalue weighted by molar-refractivity contribution is 5.25. The third-order valence-corrected chi connectivity index (χ3v) is 2.86. The van der Waals surface area contributed by atoms with Crippen LogP contribution in [0.4, 0.5) is 0 Å². The van der Waals surface area contributed by atoms with Crippen LogP contribution in [0.2, 0.25) is 0 Å². The highest BCUT2D eigenvalue weighted by atomic mass is 16.6. The van der Waals surface area contributed by atoms with E-state index in [1.165, 1.54) is 6.42 Å². The van der Waals surface area contributed by atoms with Gasteiger partial charge in [-0.1, -0.05) is 24.6 Å². The summed E-state index contributed by atoms with van der Waals surface area (Å²) in [5.41, 5.74) is 0.703. The molecule has 0 spiro atoms. The molecule has 1 heterocycles. The second-order valence-corrected chi connectivity index (χ2v) is 3.99. The molecular weight excluding hydrogens is 204 g/mol. The van der Waals surface area contributed by atoms with Gasteiger partial charge in [0.15, 0.2) is 0 Å². The fourth-order valence-corrected chi connectivity index (χ4v) is 2.10. The lowest BCUT2D eigenvalue weighted by Gasteiger charge is -2.26. The maximum Gasteiger partial charge on any atom is 0.391 e. The van der Waals surface area contributed by atoms with Gasteiger partial charge in [-0.2, -0.15) is 0 Å². The van der Waals surface area contributed by atoms with Crippen LogP contribution in [0.25, 0.3) is 0 Å². The van der Waals surface area contributed by atoms with Crippen LogP contribution in [0.5, 0.6) is 0 Å². The van der Waals surface area contributed by atoms with Crippen molar-refractivity contribution in [3.63, 3.8) is 0 Å². The number of piperidine rings is 1. The van der Waals surface area contributed by atoms with Gasteiger partial charge in [0.2, 0.25) is 0 Å². The van der Waals surface area contributed by atoms with Gasteiger partial charge in [-0.25, -0.2) is 4.90 Å². The van der Waals surface area contributed by atoms with Crippen molar-refractivity contribution in [3.05, 3.63) is 52.2 Å². The van der Waals surface area contributed by atoms with Gasteiger partial charge in [0, 0.05) is 13.1 Å². The Morgan fingerprint density at radius 3 is 2.31 bits per heavy atom. The second kappa shape index (κ2) is 5.07. The van der Waals surface area contributed by atoms with Crippen LogP contribution in [0, 0.1) is 16.3 Å². The molecule has 85 valence electrons. The third kappa shape index (κ3) is 2.39. The lowest BCUT2D eigenvalue weighted by Crippen LogP contribution is -2.38. The summed E-state index contributed by atoms with van der Waals surface area (Å²) in [6.07, 6.45) is 3.52. The summed E-state index contributed by atoms with van der Waals surface area (Å²) < 4.78 is 0. The summed E-state index contributed by atoms with van der Waals surface area (Å²) in [6, 6.07) is 9.14. The monoisotopic (exact) mass is 219 g/mol. The predicted molar refractivity (Wildman–Crippen MR) is 61.2 cm³/mol. The maximum absolute atomic E-state index is 11.1. The molecule has 1 aliphatic heterocycles. The molecule has 16 heavy (non-hydrogen) atoms. The molecule has 0 atom stereocenters. The van der Waals surface area contributed by atoms with E-state index in [2.05, 4.69) is 0 Å². The fraction of sp³-hybridized carbons (Fsp3) is 0.417. The lowest BCUT2D eigenvalue weighted by molar-refractivity contribution is -0.482. The van der Waals surface area contributed by atoms with E-state index in [9.17, 15) is 10.1 Å². The van der Waals surface area contributed by atoms with Gasteiger partial charge in [0.25, 0.3) is 0 Å². The molecular formula is C12H15N2O2. The normalized spacial score (nSPS) is 17.6. The second-order valence-electron chi connectivity index (χ2n) is 3.99. The number of nitro groups is 1. The van der Waals surface area contributed by atoms with Crippen molar-refractivity contribution in [2.24, 2.45) is 0 Å². The first-order valence-corrected chi connectivity index (χ1v) is 5.61. The Bertz CT molecular complexity index is 347. The van der Waals surface area contributed by atoms with Crippen molar-refractivity contribution < 1.29 is 4.92 Å². The standard InChI is InChI=1S/C12H15N2O2/c15-14(16)12(11-7-3-1-4-8-11)13-9-5-2-6-10-13/h1,3-4,7-8H,2,5-6,9-10H2. The molecule has 1 radical (unpaired) electrons. The van der Waals surface area contributed by atoms with E-state index in [-0.39, 0.29) is 11.1 Å². The maximum atomic E-state index is 11.1. The van der Waals surface area contributed by atoms with Crippen molar-refractivity contribution >= 4 is 0 Å². The van der Waals surface area contributed by atoms with Crippen LogP contribution in [0.15, 0.2) is 30.3 Å². The molecule has 1 saturated heterocycles. The number of likely N-dealkylation sites (tertiary alicyclic amines) is 1. The highest BCUT2D eigenvalue weighted by Gasteiger charge is 2.34. The predicted octanol–water partition coefficient (Wildman–Crippen LogP) is 2.29. The van der Waals surface area contributed by atoms with E-state index < -0.39 is 0 Å². The molecule has 0 amide bonds. The molecule has 1 aromatic rings. The Morgan fingerprint density at radius 1 is 1.12 bits per heavy atom. The Hall–Kier alpha value is -1.42. The zero-order valence-corrected chi connectivity index (χ0v) is 9.13. The van der Waals surface area contributed by atoms with Crippen molar-refractivity contribution in [2.75, 3.05) is 13.1 Å². The molecule has 1 aliphatic rings. The third-order valence-electron chi connectivity index (χ3n) is 2.86. The van der Waals surface area contributed by atoms with E-state index in [0.717, 1.165) is 25.9 Å². The van der Waals surface area contributed by atoms with Crippen LogP contribution in [-0.4, -0.2) is 22.9 Å². The van der Waals surface area contributed by atoms with Crippen LogP contribution in [0.3, 0.4) is 0 Å². The van der Waals surface area contributed by atoms with Crippen molar-refractivity contribution in [1.82, 2.24) is 4.90 Å². The Labute approximate surface area is 95.0 Å². The van der Waals surface area contributed by atoms with E-state index >= 15 is 0 Å². The minimum absolute atomic E-state index is 0.250. The molecule has 1 aromatic carbocycles. The van der Waals surface area contributed by atoms with Crippen LogP contribution in [0.1, 0.15) is 24.8 Å². The fourth-order valence-electron chi connectivity index (χ4n) is 2.10. The van der Waals surface area contributed by atoms with Crippen LogP contribution >= 0.6 is 0 Å². The molecule has 0 aromatic heterocycles. The van der Waals surface area contributed by atoms with E-state index in [0.29, 0.717) is 5.56 Å². The van der Waals surface area contributed by atoms with E-state index in [4.69, 9.17) is 0 Å². The first kappa shape index (κ1) is 11.1. The number of rotatable bonds is 3. The Kier molecular flexibility index (Phi) is 3.51. The zero-order chi connectivity index (χ0) is 11.4. The average Bonchev–Trinajstić information content (AvgIpc) is 2.31. The molecule has 4 heteroatoms. The van der Waals surface area contributed by atoms with Gasteiger partial charge in [-0.3, -0.25) is 10.1 Å². The topological polar surface area (TPSA) is 46.4 Å². The lowest BCUT2D eigenvalue weighted by atomic mass is 10.1. The quantitative estimate of drug-likeness (QED) is 0.578. The molecule has 4 nitrogen and oxygen atoms in total. The van der Waals surface area contributed by atoms with Crippen molar-refractivity contribution in [1.29, 1.82) is 0 Å². The highest BCUT2D eigenvalue weighted by Crippen LogP contribution is 2.23. The van der Waals surface area contributed by atoms with Crippen LogP contribution in [-0.2, 0) is 0 Å². The smallest absolute Gasteiger partial charge is 0.262 e. The SMILES string of the molecule is O=[N+]([O-])[C](c1ccccc1)N1CCCCC1.